The number of non-ortho nitro benzene ring substituents is 1. The number of carbonyl (C=O) groups is 2. The average molecular weight is 341 g/mol. The maximum absolute atomic E-state index is 12.0. The Morgan fingerprint density at radius 3 is 2.12 bits per heavy atom. The first-order chi connectivity index (χ1) is 12.0. The lowest BCUT2D eigenvalue weighted by Gasteiger charge is -2.23. The molecule has 0 unspecified atom stereocenters. The van der Waals surface area contributed by atoms with Gasteiger partial charge in [0.25, 0.3) is 17.7 Å². The van der Waals surface area contributed by atoms with Crippen molar-refractivity contribution in [2.45, 2.75) is 6.29 Å². The molecular formula is C16H11N3O6. The molecule has 9 heteroatoms. The molecule has 0 bridgehead atoms. The van der Waals surface area contributed by atoms with Crippen LogP contribution in [0.4, 0.5) is 11.4 Å². The van der Waals surface area contributed by atoms with Gasteiger partial charge in [0.15, 0.2) is 0 Å². The zero-order valence-electron chi connectivity index (χ0n) is 12.6. The molecule has 0 aromatic heterocycles. The molecule has 1 heterocycles. The summed E-state index contributed by atoms with van der Waals surface area (Å²) in [6, 6.07) is 13.8. The van der Waals surface area contributed by atoms with Crippen molar-refractivity contribution < 1.29 is 24.0 Å². The highest BCUT2D eigenvalue weighted by Crippen LogP contribution is 2.23. The Hall–Kier alpha value is -3.75. The van der Waals surface area contributed by atoms with E-state index >= 15 is 0 Å². The lowest BCUT2D eigenvalue weighted by atomic mass is 10.2. The number of ether oxygens (including phenoxy) is 2. The largest absolute Gasteiger partial charge is 0.416 e. The first-order valence-electron chi connectivity index (χ1n) is 7.09. The van der Waals surface area contributed by atoms with E-state index in [0.29, 0.717) is 11.3 Å². The predicted octanol–water partition coefficient (Wildman–Crippen LogP) is 2.16. The quantitative estimate of drug-likeness (QED) is 0.514. The smallest absolute Gasteiger partial charge is 0.369 e. The summed E-state index contributed by atoms with van der Waals surface area (Å²) < 4.78 is 10.1. The summed E-state index contributed by atoms with van der Waals surface area (Å²) in [4.78, 5) is 34.0. The second-order valence-electron chi connectivity index (χ2n) is 4.93. The van der Waals surface area contributed by atoms with Crippen molar-refractivity contribution in [3.63, 3.8) is 0 Å². The molecule has 0 amide bonds. The van der Waals surface area contributed by atoms with Crippen LogP contribution in [-0.4, -0.2) is 22.6 Å². The highest BCUT2D eigenvalue weighted by Gasteiger charge is 2.36. The second kappa shape index (κ2) is 6.79. The van der Waals surface area contributed by atoms with E-state index < -0.39 is 28.9 Å². The van der Waals surface area contributed by atoms with Gasteiger partial charge in [-0.25, -0.2) is 9.59 Å². The van der Waals surface area contributed by atoms with Gasteiger partial charge < -0.3 is 9.47 Å². The minimum atomic E-state index is -1.13. The maximum atomic E-state index is 12.0. The van der Waals surface area contributed by atoms with E-state index in [0.717, 1.165) is 0 Å². The normalized spacial score (nSPS) is 16.6. The fourth-order valence-corrected chi connectivity index (χ4v) is 2.03. The Labute approximate surface area is 141 Å². The molecule has 0 saturated carbocycles. The molecule has 1 saturated heterocycles. The number of hydrazone groups is 1. The molecule has 9 nitrogen and oxygen atoms in total. The number of anilines is 1. The Morgan fingerprint density at radius 1 is 0.960 bits per heavy atom. The number of carbonyl (C=O) groups excluding carboxylic acids is 2. The number of nitro groups is 1. The number of esters is 2. The standard InChI is InChI=1S/C16H11N3O6/c20-14-13(18-17-11-6-8-12(9-7-11)19(22)23)15(21)25-16(24-14)10-4-2-1-3-5-10/h1-9,16-17H. The van der Waals surface area contributed by atoms with E-state index in [1.807, 2.05) is 0 Å². The van der Waals surface area contributed by atoms with Crippen molar-refractivity contribution in [3.8, 4) is 0 Å². The molecule has 1 aliphatic heterocycles. The third-order valence-corrected chi connectivity index (χ3v) is 3.26. The van der Waals surface area contributed by atoms with Gasteiger partial charge in [0.05, 0.1) is 10.6 Å². The van der Waals surface area contributed by atoms with E-state index in [-0.39, 0.29) is 5.69 Å². The summed E-state index contributed by atoms with van der Waals surface area (Å²) in [5.74, 6) is -1.86. The first kappa shape index (κ1) is 16.1. The van der Waals surface area contributed by atoms with E-state index in [2.05, 4.69) is 10.5 Å². The molecule has 3 rings (SSSR count). The molecule has 0 radical (unpaired) electrons. The highest BCUT2D eigenvalue weighted by molar-refractivity contribution is 6.63. The van der Waals surface area contributed by atoms with Crippen LogP contribution in [0.25, 0.3) is 0 Å². The van der Waals surface area contributed by atoms with Crippen LogP contribution >= 0.6 is 0 Å². The lowest BCUT2D eigenvalue weighted by molar-refractivity contribution is -0.384. The number of nitrogens with zero attached hydrogens (tertiary/aromatic N) is 2. The lowest BCUT2D eigenvalue weighted by Crippen LogP contribution is -2.37. The molecule has 126 valence electrons. The Balaban J connectivity index is 1.70. The van der Waals surface area contributed by atoms with Crippen LogP contribution in [0, 0.1) is 10.1 Å². The van der Waals surface area contributed by atoms with E-state index in [1.165, 1.54) is 24.3 Å². The first-order valence-corrected chi connectivity index (χ1v) is 7.09. The minimum absolute atomic E-state index is 0.0969. The zero-order valence-corrected chi connectivity index (χ0v) is 12.6. The van der Waals surface area contributed by atoms with E-state index in [4.69, 9.17) is 9.47 Å². The predicted molar refractivity (Wildman–Crippen MR) is 85.5 cm³/mol. The van der Waals surface area contributed by atoms with Crippen LogP contribution in [0.5, 0.6) is 0 Å². The van der Waals surface area contributed by atoms with Crippen LogP contribution in [-0.2, 0) is 19.1 Å². The fraction of sp³-hybridized carbons (Fsp3) is 0.0625. The van der Waals surface area contributed by atoms with Crippen LogP contribution in [0.15, 0.2) is 59.7 Å². The molecule has 1 fully saturated rings. The Kier molecular flexibility index (Phi) is 4.38. The molecule has 1 N–H and O–H groups in total. The van der Waals surface area contributed by atoms with Crippen molar-refractivity contribution in [1.29, 1.82) is 0 Å². The van der Waals surface area contributed by atoms with Gasteiger partial charge in [-0.2, -0.15) is 5.10 Å². The summed E-state index contributed by atoms with van der Waals surface area (Å²) >= 11 is 0. The van der Waals surface area contributed by atoms with Gasteiger partial charge in [-0.15, -0.1) is 0 Å². The second-order valence-corrected chi connectivity index (χ2v) is 4.93. The number of hydrogen-bond donors (Lipinski definition) is 1. The molecular weight excluding hydrogens is 330 g/mol. The van der Waals surface area contributed by atoms with Crippen LogP contribution < -0.4 is 5.43 Å². The fourth-order valence-electron chi connectivity index (χ4n) is 2.03. The van der Waals surface area contributed by atoms with Crippen molar-refractivity contribution >= 4 is 29.0 Å². The van der Waals surface area contributed by atoms with Crippen molar-refractivity contribution in [2.24, 2.45) is 5.10 Å². The highest BCUT2D eigenvalue weighted by atomic mass is 16.7. The SMILES string of the molecule is O=C1OC(c2ccccc2)OC(=O)C1=NNc1ccc([N+](=O)[O-])cc1. The number of hydrogen-bond acceptors (Lipinski definition) is 8. The molecule has 0 spiro atoms. The topological polar surface area (TPSA) is 120 Å². The number of cyclic esters (lactones) is 2. The third-order valence-electron chi connectivity index (χ3n) is 3.26. The van der Waals surface area contributed by atoms with Gasteiger partial charge in [0.2, 0.25) is 0 Å². The summed E-state index contributed by atoms with van der Waals surface area (Å²) in [5, 5.41) is 14.3. The van der Waals surface area contributed by atoms with Crippen LogP contribution in [0.3, 0.4) is 0 Å². The third kappa shape index (κ3) is 3.61. The van der Waals surface area contributed by atoms with Crippen molar-refractivity contribution in [2.75, 3.05) is 5.43 Å². The summed E-state index contributed by atoms with van der Waals surface area (Å²) in [5.41, 5.74) is 2.68. The molecule has 2 aromatic carbocycles. The van der Waals surface area contributed by atoms with Gasteiger partial charge >= 0.3 is 11.9 Å². The summed E-state index contributed by atoms with van der Waals surface area (Å²) in [6.07, 6.45) is -1.13. The Morgan fingerprint density at radius 2 is 1.56 bits per heavy atom. The number of benzene rings is 2. The number of rotatable bonds is 4. The maximum Gasteiger partial charge on any atom is 0.369 e. The van der Waals surface area contributed by atoms with Crippen LogP contribution in [0.2, 0.25) is 0 Å². The number of nitrogens with one attached hydrogen (secondary N) is 1. The van der Waals surface area contributed by atoms with Gasteiger partial charge in [0.1, 0.15) is 0 Å². The molecule has 0 atom stereocenters. The Bertz CT molecular complexity index is 828. The van der Waals surface area contributed by atoms with Crippen molar-refractivity contribution in [3.05, 3.63) is 70.3 Å². The van der Waals surface area contributed by atoms with E-state index in [1.54, 1.807) is 30.3 Å². The van der Waals surface area contributed by atoms with Gasteiger partial charge in [-0.3, -0.25) is 15.5 Å². The van der Waals surface area contributed by atoms with Gasteiger partial charge in [-0.1, -0.05) is 30.3 Å². The van der Waals surface area contributed by atoms with Crippen molar-refractivity contribution in [1.82, 2.24) is 0 Å². The average Bonchev–Trinajstić information content (AvgIpc) is 2.62. The summed E-state index contributed by atoms with van der Waals surface area (Å²) in [7, 11) is 0. The van der Waals surface area contributed by atoms with E-state index in [9.17, 15) is 19.7 Å². The summed E-state index contributed by atoms with van der Waals surface area (Å²) in [6.45, 7) is 0. The molecule has 1 aliphatic rings. The minimum Gasteiger partial charge on any atom is -0.416 e. The van der Waals surface area contributed by atoms with Gasteiger partial charge in [-0.05, 0) is 12.1 Å². The molecule has 0 aliphatic carbocycles. The zero-order chi connectivity index (χ0) is 17.8. The number of nitro benzene ring substituents is 1. The van der Waals surface area contributed by atoms with Gasteiger partial charge in [0, 0.05) is 17.7 Å². The van der Waals surface area contributed by atoms with Crippen LogP contribution in [0.1, 0.15) is 11.9 Å². The molecule has 2 aromatic rings. The molecule has 25 heavy (non-hydrogen) atoms. The monoisotopic (exact) mass is 341 g/mol.